The third-order valence-electron chi connectivity index (χ3n) is 3.46. The Labute approximate surface area is 107 Å². The molecule has 1 saturated carbocycles. The summed E-state index contributed by atoms with van der Waals surface area (Å²) >= 11 is 1.78. The predicted octanol–water partition coefficient (Wildman–Crippen LogP) is 1.33. The lowest BCUT2D eigenvalue weighted by molar-refractivity contribution is -0.144. The first-order chi connectivity index (χ1) is 7.97. The van der Waals surface area contributed by atoms with Crippen LogP contribution in [0.4, 0.5) is 0 Å². The summed E-state index contributed by atoms with van der Waals surface area (Å²) in [5.74, 6) is 0.0306. The number of aliphatic carboxylic acids is 1. The van der Waals surface area contributed by atoms with Gasteiger partial charge in [0.25, 0.3) is 0 Å². The molecule has 1 unspecified atom stereocenters. The average molecular weight is 261 g/mol. The number of hydrogen-bond donors (Lipinski definition) is 3. The van der Waals surface area contributed by atoms with Crippen LogP contribution in [0.3, 0.4) is 0 Å². The summed E-state index contributed by atoms with van der Waals surface area (Å²) < 4.78 is 0. The first kappa shape index (κ1) is 14.8. The number of nitrogens with one attached hydrogen (secondary N) is 1. The number of carboxylic acids is 1. The van der Waals surface area contributed by atoms with Crippen LogP contribution in [0.5, 0.6) is 0 Å². The second-order valence-corrected chi connectivity index (χ2v) is 5.98. The van der Waals surface area contributed by atoms with E-state index in [-0.39, 0.29) is 5.92 Å². The van der Waals surface area contributed by atoms with Crippen LogP contribution in [-0.2, 0) is 4.79 Å². The molecule has 0 aromatic carbocycles. The molecule has 0 aliphatic heterocycles. The van der Waals surface area contributed by atoms with Crippen LogP contribution < -0.4 is 5.32 Å². The number of aliphatic hydroxyl groups is 1. The van der Waals surface area contributed by atoms with Crippen LogP contribution >= 0.6 is 11.8 Å². The maximum Gasteiger partial charge on any atom is 0.306 e. The van der Waals surface area contributed by atoms with E-state index in [0.717, 1.165) is 5.75 Å². The fourth-order valence-electron chi connectivity index (χ4n) is 2.25. The Morgan fingerprint density at radius 2 is 2.12 bits per heavy atom. The van der Waals surface area contributed by atoms with Gasteiger partial charge in [-0.2, -0.15) is 11.8 Å². The molecule has 0 radical (unpaired) electrons. The van der Waals surface area contributed by atoms with E-state index in [1.807, 2.05) is 0 Å². The summed E-state index contributed by atoms with van der Waals surface area (Å²) in [5.41, 5.74) is -0.710. The van der Waals surface area contributed by atoms with Crippen molar-refractivity contribution in [3.63, 3.8) is 0 Å². The largest absolute Gasteiger partial charge is 0.481 e. The van der Waals surface area contributed by atoms with Crippen molar-refractivity contribution in [2.75, 3.05) is 18.6 Å². The Bertz CT molecular complexity index is 252. The number of carboxylic acid groups (broad SMARTS) is 1. The van der Waals surface area contributed by atoms with Crippen molar-refractivity contribution >= 4 is 17.7 Å². The van der Waals surface area contributed by atoms with Crippen LogP contribution in [0.2, 0.25) is 0 Å². The molecule has 17 heavy (non-hydrogen) atoms. The van der Waals surface area contributed by atoms with Gasteiger partial charge >= 0.3 is 5.97 Å². The van der Waals surface area contributed by atoms with E-state index in [2.05, 4.69) is 18.5 Å². The first-order valence-electron chi connectivity index (χ1n) is 6.14. The third-order valence-corrected chi connectivity index (χ3v) is 4.30. The lowest BCUT2D eigenvalue weighted by Crippen LogP contribution is -2.47. The monoisotopic (exact) mass is 261 g/mol. The standard InChI is InChI=1S/C12H23NO3S/c1-9(7-17-2)13-8-12(16)5-3-10(4-6-12)11(14)15/h9-10,13,16H,3-8H2,1-2H3,(H,14,15). The molecule has 0 aromatic heterocycles. The Morgan fingerprint density at radius 3 is 2.59 bits per heavy atom. The van der Waals surface area contributed by atoms with Gasteiger partial charge in [0.05, 0.1) is 11.5 Å². The molecule has 0 amide bonds. The SMILES string of the molecule is CSCC(C)NCC1(O)CCC(C(=O)O)CC1. The number of rotatable bonds is 6. The van der Waals surface area contributed by atoms with Crippen molar-refractivity contribution in [3.8, 4) is 0 Å². The molecule has 0 saturated heterocycles. The van der Waals surface area contributed by atoms with Crippen molar-refractivity contribution in [1.82, 2.24) is 5.32 Å². The van der Waals surface area contributed by atoms with Crippen molar-refractivity contribution < 1.29 is 15.0 Å². The molecular weight excluding hydrogens is 238 g/mol. The van der Waals surface area contributed by atoms with E-state index in [1.165, 1.54) is 0 Å². The Balaban J connectivity index is 2.31. The maximum atomic E-state index is 10.8. The molecule has 0 spiro atoms. The summed E-state index contributed by atoms with van der Waals surface area (Å²) in [4.78, 5) is 10.8. The van der Waals surface area contributed by atoms with Gasteiger partial charge in [-0.25, -0.2) is 0 Å². The van der Waals surface area contributed by atoms with E-state index >= 15 is 0 Å². The van der Waals surface area contributed by atoms with Crippen LogP contribution in [0.1, 0.15) is 32.6 Å². The highest BCUT2D eigenvalue weighted by molar-refractivity contribution is 7.98. The smallest absolute Gasteiger partial charge is 0.306 e. The molecule has 1 rings (SSSR count). The van der Waals surface area contributed by atoms with Gasteiger partial charge in [-0.15, -0.1) is 0 Å². The molecular formula is C12H23NO3S. The van der Waals surface area contributed by atoms with Gasteiger partial charge in [-0.05, 0) is 38.9 Å². The molecule has 0 heterocycles. The minimum Gasteiger partial charge on any atom is -0.481 e. The lowest BCUT2D eigenvalue weighted by atomic mass is 9.79. The van der Waals surface area contributed by atoms with Crippen LogP contribution in [0.25, 0.3) is 0 Å². The van der Waals surface area contributed by atoms with E-state index in [1.54, 1.807) is 11.8 Å². The molecule has 3 N–H and O–H groups in total. The van der Waals surface area contributed by atoms with E-state index in [0.29, 0.717) is 38.3 Å². The average Bonchev–Trinajstić information content (AvgIpc) is 2.28. The second kappa shape index (κ2) is 6.61. The first-order valence-corrected chi connectivity index (χ1v) is 7.54. The van der Waals surface area contributed by atoms with Gasteiger partial charge in [0.2, 0.25) is 0 Å². The van der Waals surface area contributed by atoms with Crippen molar-refractivity contribution in [2.45, 2.75) is 44.2 Å². The van der Waals surface area contributed by atoms with Crippen LogP contribution in [0.15, 0.2) is 0 Å². The van der Waals surface area contributed by atoms with Gasteiger partial charge in [0.1, 0.15) is 0 Å². The molecule has 4 nitrogen and oxygen atoms in total. The van der Waals surface area contributed by atoms with E-state index < -0.39 is 11.6 Å². The fraction of sp³-hybridized carbons (Fsp3) is 0.917. The Hall–Kier alpha value is -0.260. The molecule has 5 heteroatoms. The summed E-state index contributed by atoms with van der Waals surface area (Å²) in [6, 6.07) is 0.381. The molecule has 1 aliphatic carbocycles. The molecule has 100 valence electrons. The van der Waals surface area contributed by atoms with Crippen LogP contribution in [-0.4, -0.2) is 46.4 Å². The normalized spacial score (nSPS) is 31.1. The van der Waals surface area contributed by atoms with Crippen molar-refractivity contribution in [1.29, 1.82) is 0 Å². The molecule has 0 bridgehead atoms. The maximum absolute atomic E-state index is 10.8. The highest BCUT2D eigenvalue weighted by atomic mass is 32.2. The van der Waals surface area contributed by atoms with E-state index in [9.17, 15) is 9.90 Å². The van der Waals surface area contributed by atoms with Gasteiger partial charge in [0.15, 0.2) is 0 Å². The molecule has 1 aliphatic rings. The van der Waals surface area contributed by atoms with E-state index in [4.69, 9.17) is 5.11 Å². The molecule has 1 atom stereocenters. The van der Waals surface area contributed by atoms with Gasteiger partial charge in [-0.1, -0.05) is 0 Å². The summed E-state index contributed by atoms with van der Waals surface area (Å²) in [5, 5.41) is 22.5. The molecule has 0 aromatic rings. The predicted molar refractivity (Wildman–Crippen MR) is 70.4 cm³/mol. The number of hydrogen-bond acceptors (Lipinski definition) is 4. The van der Waals surface area contributed by atoms with Gasteiger partial charge in [-0.3, -0.25) is 4.79 Å². The molecule has 1 fully saturated rings. The lowest BCUT2D eigenvalue weighted by Gasteiger charge is -2.35. The summed E-state index contributed by atoms with van der Waals surface area (Å²) in [6.45, 7) is 2.67. The van der Waals surface area contributed by atoms with Gasteiger partial charge in [0, 0.05) is 18.3 Å². The second-order valence-electron chi connectivity index (χ2n) is 5.07. The highest BCUT2D eigenvalue weighted by Gasteiger charge is 2.35. The zero-order chi connectivity index (χ0) is 12.9. The highest BCUT2D eigenvalue weighted by Crippen LogP contribution is 2.31. The Morgan fingerprint density at radius 1 is 1.53 bits per heavy atom. The zero-order valence-electron chi connectivity index (χ0n) is 10.6. The summed E-state index contributed by atoms with van der Waals surface area (Å²) in [7, 11) is 0. The van der Waals surface area contributed by atoms with Gasteiger partial charge < -0.3 is 15.5 Å². The third kappa shape index (κ3) is 4.85. The minimum atomic E-state index is -0.726. The quantitative estimate of drug-likeness (QED) is 0.673. The number of thioether (sulfide) groups is 1. The minimum absolute atomic E-state index is 0.265. The Kier molecular flexibility index (Phi) is 5.76. The fourth-order valence-corrected chi connectivity index (χ4v) is 2.87. The van der Waals surface area contributed by atoms with Crippen LogP contribution in [0, 0.1) is 5.92 Å². The number of carbonyl (C=O) groups is 1. The van der Waals surface area contributed by atoms with Crippen molar-refractivity contribution in [3.05, 3.63) is 0 Å². The summed E-state index contributed by atoms with van der Waals surface area (Å²) in [6.07, 6.45) is 4.41. The van der Waals surface area contributed by atoms with Crippen molar-refractivity contribution in [2.24, 2.45) is 5.92 Å². The zero-order valence-corrected chi connectivity index (χ0v) is 11.4. The topological polar surface area (TPSA) is 69.6 Å².